The van der Waals surface area contributed by atoms with Crippen LogP contribution < -0.4 is 0 Å². The van der Waals surface area contributed by atoms with Gasteiger partial charge in [-0.25, -0.2) is 0 Å². The topological polar surface area (TPSA) is 96.9 Å². The molecule has 202 valence electrons. The number of carbonyl (C=O) groups is 2. The van der Waals surface area contributed by atoms with Gasteiger partial charge in [-0.1, -0.05) is 53.2 Å². The third-order valence-corrected chi connectivity index (χ3v) is 12.3. The summed E-state index contributed by atoms with van der Waals surface area (Å²) in [5, 5.41) is 18.4. The molecule has 8 atom stereocenters. The average molecular weight is 516 g/mol. The summed E-state index contributed by atoms with van der Waals surface area (Å²) in [5.41, 5.74) is 0.0852. The molecule has 3 saturated carbocycles. The maximum absolute atomic E-state index is 14.3. The number of carbonyl (C=O) groups excluding carboxylic acids is 2. The molecule has 0 aliphatic heterocycles. The first-order chi connectivity index (χ1) is 17.7. The van der Waals surface area contributed by atoms with Crippen molar-refractivity contribution in [3.63, 3.8) is 0 Å². The molecule has 6 heteroatoms. The van der Waals surface area contributed by atoms with Crippen LogP contribution in [0.25, 0.3) is 0 Å². The smallest absolute Gasteiger partial charge is 0.222 e. The van der Waals surface area contributed by atoms with Crippen molar-refractivity contribution < 1.29 is 14.0 Å². The molecule has 0 amide bonds. The number of nitrogens with zero attached hydrogens (tertiary/aromatic N) is 3. The van der Waals surface area contributed by atoms with Crippen molar-refractivity contribution in [1.82, 2.24) is 10.2 Å². The van der Waals surface area contributed by atoms with E-state index in [-0.39, 0.29) is 57.1 Å². The summed E-state index contributed by atoms with van der Waals surface area (Å²) in [6.07, 6.45) is 10.9. The van der Waals surface area contributed by atoms with Gasteiger partial charge in [0.25, 0.3) is 0 Å². The second-order valence-electron chi connectivity index (χ2n) is 14.8. The minimum atomic E-state index is -0.630. The molecular weight excluding hydrogens is 474 g/mol. The fraction of sp³-hybridized carbons (Fsp3) is 0.719. The lowest BCUT2D eigenvalue weighted by Crippen LogP contribution is -2.60. The predicted octanol–water partition coefficient (Wildman–Crippen LogP) is 6.46. The van der Waals surface area contributed by atoms with Crippen LogP contribution >= 0.6 is 0 Å². The third-order valence-electron chi connectivity index (χ3n) is 12.3. The summed E-state index contributed by atoms with van der Waals surface area (Å²) >= 11 is 0. The molecule has 5 aliphatic carbocycles. The van der Waals surface area contributed by atoms with Crippen molar-refractivity contribution in [1.29, 1.82) is 5.26 Å². The molecule has 5 aliphatic rings. The van der Waals surface area contributed by atoms with E-state index in [1.165, 1.54) is 0 Å². The fourth-order valence-electron chi connectivity index (χ4n) is 10.1. The largest absolute Gasteiger partial charge is 0.425 e. The number of hydrogen-bond donors (Lipinski definition) is 0. The molecule has 1 heterocycles. The van der Waals surface area contributed by atoms with Crippen LogP contribution in [0.2, 0.25) is 0 Å². The van der Waals surface area contributed by atoms with Crippen LogP contribution in [0.1, 0.15) is 98.3 Å². The summed E-state index contributed by atoms with van der Waals surface area (Å²) in [7, 11) is 0. The highest BCUT2D eigenvalue weighted by atomic mass is 16.4. The molecule has 38 heavy (non-hydrogen) atoms. The number of fused-ring (bicyclic) bond motifs is 7. The molecule has 3 fully saturated rings. The summed E-state index contributed by atoms with van der Waals surface area (Å²) in [4.78, 5) is 27.5. The Kier molecular flexibility index (Phi) is 5.26. The molecule has 7 unspecified atom stereocenters. The zero-order valence-electron chi connectivity index (χ0n) is 24.0. The van der Waals surface area contributed by atoms with Gasteiger partial charge < -0.3 is 4.42 Å². The Morgan fingerprint density at radius 2 is 1.71 bits per heavy atom. The molecule has 0 saturated heterocycles. The van der Waals surface area contributed by atoms with E-state index < -0.39 is 10.8 Å². The highest BCUT2D eigenvalue weighted by Gasteiger charge is 2.65. The first kappa shape index (κ1) is 25.7. The Balaban J connectivity index is 1.45. The minimum absolute atomic E-state index is 0.0241. The van der Waals surface area contributed by atoms with E-state index in [9.17, 15) is 14.9 Å². The van der Waals surface area contributed by atoms with Gasteiger partial charge in [0.1, 0.15) is 6.07 Å². The Morgan fingerprint density at radius 3 is 2.37 bits per heavy atom. The van der Waals surface area contributed by atoms with Crippen LogP contribution in [0.3, 0.4) is 0 Å². The normalized spacial score (nSPS) is 45.5. The van der Waals surface area contributed by atoms with Gasteiger partial charge in [-0.3, -0.25) is 9.59 Å². The summed E-state index contributed by atoms with van der Waals surface area (Å²) in [6, 6.07) is 2.19. The lowest BCUT2D eigenvalue weighted by atomic mass is 9.38. The molecule has 6 nitrogen and oxygen atoms in total. The summed E-state index contributed by atoms with van der Waals surface area (Å²) in [6.45, 7) is 15.0. The van der Waals surface area contributed by atoms with E-state index in [4.69, 9.17) is 4.42 Å². The van der Waals surface area contributed by atoms with E-state index in [1.54, 1.807) is 0 Å². The van der Waals surface area contributed by atoms with E-state index in [0.717, 1.165) is 50.5 Å². The van der Waals surface area contributed by atoms with Gasteiger partial charge in [-0.15, -0.1) is 10.2 Å². The lowest BCUT2D eigenvalue weighted by Gasteiger charge is -2.64. The summed E-state index contributed by atoms with van der Waals surface area (Å²) in [5.74, 6) is 2.06. The molecule has 0 aromatic carbocycles. The van der Waals surface area contributed by atoms with Gasteiger partial charge in [-0.05, 0) is 79.6 Å². The number of nitriles is 1. The molecule has 1 aromatic heterocycles. The van der Waals surface area contributed by atoms with Crippen molar-refractivity contribution in [2.24, 2.45) is 45.3 Å². The van der Waals surface area contributed by atoms with Crippen LogP contribution in [-0.2, 0) is 15.0 Å². The van der Waals surface area contributed by atoms with E-state index in [1.807, 2.05) is 32.9 Å². The van der Waals surface area contributed by atoms with Crippen LogP contribution in [0.5, 0.6) is 0 Å². The van der Waals surface area contributed by atoms with Gasteiger partial charge in [0, 0.05) is 29.1 Å². The van der Waals surface area contributed by atoms with E-state index in [2.05, 4.69) is 44.0 Å². The maximum Gasteiger partial charge on any atom is 0.222 e. The van der Waals surface area contributed by atoms with E-state index in [0.29, 0.717) is 11.8 Å². The summed E-state index contributed by atoms with van der Waals surface area (Å²) < 4.78 is 5.95. The number of rotatable bonds is 1. The highest BCUT2D eigenvalue weighted by molar-refractivity contribution is 6.04. The molecule has 0 spiro atoms. The Bertz CT molecular complexity index is 1350. The molecule has 0 bridgehead atoms. The Hall–Kier alpha value is -2.55. The van der Waals surface area contributed by atoms with Crippen LogP contribution in [-0.4, -0.2) is 21.8 Å². The number of Topliss-reactive ketones (excluding diaryl/α,β-unsaturated/α-hetero) is 1. The number of allylic oxidation sites excluding steroid dienone is 4. The van der Waals surface area contributed by atoms with Gasteiger partial charge in [0.15, 0.2) is 11.6 Å². The van der Waals surface area contributed by atoms with Gasteiger partial charge in [0.2, 0.25) is 11.8 Å². The Labute approximate surface area is 226 Å². The number of aromatic nitrogens is 2. The van der Waals surface area contributed by atoms with Gasteiger partial charge >= 0.3 is 0 Å². The first-order valence-corrected chi connectivity index (χ1v) is 14.4. The number of aryl methyl sites for hydroxylation is 1. The minimum Gasteiger partial charge on any atom is -0.425 e. The SMILES string of the molecule is Cc1nnc([C@@]2(C)CCC3(C)CCC4C(C(=O)C=C5C6(C)C=C(C#N)C(=O)C(C)(C)C6CCC54C)C3C2)o1. The Morgan fingerprint density at radius 1 is 0.974 bits per heavy atom. The highest BCUT2D eigenvalue weighted by Crippen LogP contribution is 2.70. The zero-order valence-corrected chi connectivity index (χ0v) is 24.0. The monoisotopic (exact) mass is 515 g/mol. The fourth-order valence-corrected chi connectivity index (χ4v) is 10.1. The molecule has 0 radical (unpaired) electrons. The molecule has 6 rings (SSSR count). The standard InChI is InChI=1S/C32H41N3O3/c1-18-34-35-27(38-18)30(5)13-12-29(4)10-8-20-25(21(29)16-30)22(36)14-24-31(20,6)11-9-23-28(2,3)26(37)19(17-33)15-32(23,24)7/h14-15,20-21,23,25H,8-13,16H2,1-7H3/t20?,21?,23?,25?,29?,30-,31?,32?/m0/s1. The third kappa shape index (κ3) is 3.17. The quantitative estimate of drug-likeness (QED) is 0.426. The molecule has 0 N–H and O–H groups in total. The molecular formula is C32H41N3O3. The van der Waals surface area contributed by atoms with Crippen molar-refractivity contribution in [2.45, 2.75) is 98.8 Å². The van der Waals surface area contributed by atoms with E-state index >= 15 is 0 Å². The van der Waals surface area contributed by atoms with Crippen LogP contribution in [0, 0.1) is 63.6 Å². The molecule has 1 aromatic rings. The lowest BCUT2D eigenvalue weighted by molar-refractivity contribution is -0.145. The average Bonchev–Trinajstić information content (AvgIpc) is 3.30. The second kappa shape index (κ2) is 7.77. The van der Waals surface area contributed by atoms with Crippen molar-refractivity contribution in [3.05, 3.63) is 35.1 Å². The number of ketones is 2. The number of hydrogen-bond acceptors (Lipinski definition) is 6. The van der Waals surface area contributed by atoms with Crippen LogP contribution in [0.15, 0.2) is 27.7 Å². The van der Waals surface area contributed by atoms with Crippen molar-refractivity contribution >= 4 is 11.6 Å². The van der Waals surface area contributed by atoms with Crippen molar-refractivity contribution in [3.8, 4) is 6.07 Å². The zero-order chi connectivity index (χ0) is 27.5. The predicted molar refractivity (Wildman–Crippen MR) is 143 cm³/mol. The van der Waals surface area contributed by atoms with Crippen LogP contribution in [0.4, 0.5) is 0 Å². The van der Waals surface area contributed by atoms with Gasteiger partial charge in [0.05, 0.1) is 5.57 Å². The van der Waals surface area contributed by atoms with Gasteiger partial charge in [-0.2, -0.15) is 5.26 Å². The second-order valence-corrected chi connectivity index (χ2v) is 14.8. The van der Waals surface area contributed by atoms with Crippen molar-refractivity contribution in [2.75, 3.05) is 0 Å². The first-order valence-electron chi connectivity index (χ1n) is 14.4. The maximum atomic E-state index is 14.3.